The number of alkyl halides is 2. The fourth-order valence-electron chi connectivity index (χ4n) is 1.65. The predicted octanol–water partition coefficient (Wildman–Crippen LogP) is 2.02. The van der Waals surface area contributed by atoms with Crippen molar-refractivity contribution in [1.29, 1.82) is 0 Å². The Morgan fingerprint density at radius 1 is 1.40 bits per heavy atom. The Morgan fingerprint density at radius 3 is 2.47 bits per heavy atom. The van der Waals surface area contributed by atoms with Gasteiger partial charge in [0.25, 0.3) is 5.92 Å². The van der Waals surface area contributed by atoms with Crippen molar-refractivity contribution >= 4 is 23.2 Å². The van der Waals surface area contributed by atoms with Crippen LogP contribution in [-0.4, -0.2) is 22.7 Å². The molecule has 1 unspecified atom stereocenters. The summed E-state index contributed by atoms with van der Waals surface area (Å²) in [7, 11) is 0. The first-order valence-electron chi connectivity index (χ1n) is 4.20. The lowest BCUT2D eigenvalue weighted by Gasteiger charge is -2.14. The molecule has 0 amide bonds. The van der Waals surface area contributed by atoms with Gasteiger partial charge in [-0.25, -0.2) is 8.78 Å². The van der Waals surface area contributed by atoms with Gasteiger partial charge in [0, 0.05) is 18.5 Å². The van der Waals surface area contributed by atoms with Crippen LogP contribution in [-0.2, 0) is 5.41 Å². The van der Waals surface area contributed by atoms with E-state index in [2.05, 4.69) is 10.2 Å². The number of hydrogen-bond acceptors (Lipinski definition) is 3. The van der Waals surface area contributed by atoms with Gasteiger partial charge in [0.05, 0.1) is 5.41 Å². The van der Waals surface area contributed by atoms with E-state index in [4.69, 9.17) is 28.9 Å². The van der Waals surface area contributed by atoms with Gasteiger partial charge in [-0.15, -0.1) is 10.2 Å². The molecule has 1 aromatic rings. The van der Waals surface area contributed by atoms with Crippen molar-refractivity contribution in [2.24, 2.45) is 5.73 Å². The van der Waals surface area contributed by atoms with Gasteiger partial charge < -0.3 is 5.73 Å². The summed E-state index contributed by atoms with van der Waals surface area (Å²) in [4.78, 5) is 0. The van der Waals surface area contributed by atoms with Crippen molar-refractivity contribution in [3.8, 4) is 0 Å². The van der Waals surface area contributed by atoms with E-state index in [9.17, 15) is 8.78 Å². The molecule has 82 valence electrons. The molecule has 1 atom stereocenters. The molecule has 1 aliphatic rings. The molecule has 15 heavy (non-hydrogen) atoms. The van der Waals surface area contributed by atoms with E-state index >= 15 is 0 Å². The van der Waals surface area contributed by atoms with E-state index in [0.717, 1.165) is 0 Å². The first kappa shape index (κ1) is 11.0. The Hall–Kier alpha value is -0.520. The van der Waals surface area contributed by atoms with Gasteiger partial charge in [0.2, 0.25) is 0 Å². The van der Waals surface area contributed by atoms with Crippen LogP contribution in [0, 0.1) is 0 Å². The minimum atomic E-state index is -2.84. The van der Waals surface area contributed by atoms with E-state index < -0.39 is 11.3 Å². The van der Waals surface area contributed by atoms with Crippen LogP contribution in [0.5, 0.6) is 0 Å². The second kappa shape index (κ2) is 3.23. The van der Waals surface area contributed by atoms with Crippen LogP contribution in [0.4, 0.5) is 8.78 Å². The van der Waals surface area contributed by atoms with Crippen LogP contribution < -0.4 is 5.73 Å². The smallest absolute Gasteiger partial charge is 0.260 e. The second-order valence-electron chi connectivity index (χ2n) is 3.54. The molecule has 3 nitrogen and oxygen atoms in total. The zero-order chi connectivity index (χ0) is 11.3. The molecule has 0 aliphatic heterocycles. The quantitative estimate of drug-likeness (QED) is 0.878. The van der Waals surface area contributed by atoms with Crippen molar-refractivity contribution in [1.82, 2.24) is 10.2 Å². The van der Waals surface area contributed by atoms with Crippen molar-refractivity contribution in [3.05, 3.63) is 21.9 Å². The average Bonchev–Trinajstić information content (AvgIpc) is 2.74. The van der Waals surface area contributed by atoms with Crippen molar-refractivity contribution in [2.45, 2.75) is 17.8 Å². The van der Waals surface area contributed by atoms with Gasteiger partial charge in [-0.05, 0) is 6.07 Å². The summed E-state index contributed by atoms with van der Waals surface area (Å²) in [6.45, 7) is -0.193. The van der Waals surface area contributed by atoms with Crippen LogP contribution >= 0.6 is 23.2 Å². The maximum Gasteiger partial charge on any atom is 0.260 e. The van der Waals surface area contributed by atoms with E-state index in [-0.39, 0.29) is 28.8 Å². The zero-order valence-electron chi connectivity index (χ0n) is 7.48. The molecule has 7 heteroatoms. The Labute approximate surface area is 94.6 Å². The normalized spacial score (nSPS) is 27.8. The average molecular weight is 254 g/mol. The standard InChI is InChI=1S/C8H7Cl2F2N3/c9-5-1-4(6(10)15-14-5)7(3-13)2-8(7,11)12/h1H,2-3,13H2. The molecule has 1 fully saturated rings. The fourth-order valence-corrected chi connectivity index (χ4v) is 2.07. The molecule has 1 saturated carbocycles. The Balaban J connectivity index is 2.50. The maximum atomic E-state index is 13.2. The van der Waals surface area contributed by atoms with Gasteiger partial charge >= 0.3 is 0 Å². The van der Waals surface area contributed by atoms with E-state index in [1.54, 1.807) is 0 Å². The van der Waals surface area contributed by atoms with Crippen LogP contribution in [0.2, 0.25) is 10.3 Å². The highest BCUT2D eigenvalue weighted by atomic mass is 35.5. The number of aromatic nitrogens is 2. The monoisotopic (exact) mass is 253 g/mol. The van der Waals surface area contributed by atoms with Gasteiger partial charge in [0.15, 0.2) is 10.3 Å². The third kappa shape index (κ3) is 1.49. The minimum absolute atomic E-state index is 0.0323. The molecule has 0 radical (unpaired) electrons. The largest absolute Gasteiger partial charge is 0.329 e. The summed E-state index contributed by atoms with van der Waals surface area (Å²) in [6, 6.07) is 1.30. The van der Waals surface area contributed by atoms with Crippen molar-refractivity contribution in [2.75, 3.05) is 6.54 Å². The Bertz CT molecular complexity index is 413. The summed E-state index contributed by atoms with van der Waals surface area (Å²) in [6.07, 6.45) is -0.321. The van der Waals surface area contributed by atoms with Crippen molar-refractivity contribution in [3.63, 3.8) is 0 Å². The van der Waals surface area contributed by atoms with Gasteiger partial charge in [-0.1, -0.05) is 23.2 Å². The topological polar surface area (TPSA) is 51.8 Å². The highest BCUT2D eigenvalue weighted by Gasteiger charge is 2.72. The molecule has 1 heterocycles. The van der Waals surface area contributed by atoms with Gasteiger partial charge in [-0.2, -0.15) is 0 Å². The summed E-state index contributed by atoms with van der Waals surface area (Å²) in [5.41, 5.74) is 4.13. The van der Waals surface area contributed by atoms with Crippen LogP contribution in [0.3, 0.4) is 0 Å². The van der Waals surface area contributed by atoms with Crippen LogP contribution in [0.25, 0.3) is 0 Å². The zero-order valence-corrected chi connectivity index (χ0v) is 8.99. The minimum Gasteiger partial charge on any atom is -0.329 e. The molecule has 0 bridgehead atoms. The molecule has 1 aliphatic carbocycles. The highest BCUT2D eigenvalue weighted by Crippen LogP contribution is 2.61. The summed E-state index contributed by atoms with van der Waals surface area (Å²) in [5.74, 6) is -2.84. The maximum absolute atomic E-state index is 13.2. The lowest BCUT2D eigenvalue weighted by atomic mass is 9.98. The lowest BCUT2D eigenvalue weighted by molar-refractivity contribution is 0.0895. The third-order valence-electron chi connectivity index (χ3n) is 2.68. The molecular formula is C8H7Cl2F2N3. The first-order valence-corrected chi connectivity index (χ1v) is 4.96. The molecule has 0 aromatic carbocycles. The summed E-state index contributed by atoms with van der Waals surface area (Å²) in [5, 5.41) is 6.92. The first-order chi connectivity index (χ1) is 6.93. The SMILES string of the molecule is NCC1(c2cc(Cl)nnc2Cl)CC1(F)F. The van der Waals surface area contributed by atoms with E-state index in [1.165, 1.54) is 6.07 Å². The second-order valence-corrected chi connectivity index (χ2v) is 4.28. The molecular weight excluding hydrogens is 247 g/mol. The fraction of sp³-hybridized carbons (Fsp3) is 0.500. The number of rotatable bonds is 2. The van der Waals surface area contributed by atoms with Gasteiger partial charge in [-0.3, -0.25) is 0 Å². The van der Waals surface area contributed by atoms with Crippen molar-refractivity contribution < 1.29 is 8.78 Å². The predicted molar refractivity (Wildman–Crippen MR) is 52.3 cm³/mol. The third-order valence-corrected chi connectivity index (χ3v) is 3.15. The highest BCUT2D eigenvalue weighted by molar-refractivity contribution is 6.31. The van der Waals surface area contributed by atoms with E-state index in [0.29, 0.717) is 0 Å². The van der Waals surface area contributed by atoms with Crippen LogP contribution in [0.1, 0.15) is 12.0 Å². The van der Waals surface area contributed by atoms with Gasteiger partial charge in [0.1, 0.15) is 0 Å². The number of halogens is 4. The van der Waals surface area contributed by atoms with E-state index in [1.807, 2.05) is 0 Å². The lowest BCUT2D eigenvalue weighted by Crippen LogP contribution is -2.27. The number of nitrogens with two attached hydrogens (primary N) is 1. The van der Waals surface area contributed by atoms with Crippen LogP contribution in [0.15, 0.2) is 6.07 Å². The summed E-state index contributed by atoms with van der Waals surface area (Å²) >= 11 is 11.3. The number of hydrogen-bond donors (Lipinski definition) is 1. The molecule has 0 spiro atoms. The molecule has 2 N–H and O–H groups in total. The Kier molecular flexibility index (Phi) is 2.37. The summed E-state index contributed by atoms with van der Waals surface area (Å²) < 4.78 is 26.4. The Morgan fingerprint density at radius 2 is 2.00 bits per heavy atom. The molecule has 2 rings (SSSR count). The molecule has 0 saturated heterocycles. The number of nitrogens with zero attached hydrogens (tertiary/aromatic N) is 2. The molecule has 1 aromatic heterocycles.